The first-order valence-electron chi connectivity index (χ1n) is 16.8. The maximum Gasteiger partial charge on any atom is 0.308 e. The summed E-state index contributed by atoms with van der Waals surface area (Å²) in [4.78, 5) is 38.5. The van der Waals surface area contributed by atoms with Crippen LogP contribution in [0.5, 0.6) is 5.75 Å². The summed E-state index contributed by atoms with van der Waals surface area (Å²) in [5, 5.41) is 3.60. The number of carbonyl (C=O) groups excluding carboxylic acids is 1. The summed E-state index contributed by atoms with van der Waals surface area (Å²) in [7, 11) is 0.765. The summed E-state index contributed by atoms with van der Waals surface area (Å²) in [6.45, 7) is 10.9. The summed E-state index contributed by atoms with van der Waals surface area (Å²) in [5.74, 6) is 0.581. The highest BCUT2D eigenvalue weighted by molar-refractivity contribution is 6.74. The molecule has 12 heteroatoms. The topological polar surface area (TPSA) is 130 Å². The van der Waals surface area contributed by atoms with Crippen molar-refractivity contribution >= 4 is 31.4 Å². The first kappa shape index (κ1) is 35.1. The molecule has 1 aliphatic rings. The molecule has 2 aromatic heterocycles. The Morgan fingerprint density at radius 1 is 0.960 bits per heavy atom. The SMILES string of the molecule is COC(=O)C[C@H]1O[C@@H](n2cnc3c(=O)[nH]c(NC(c4ccccc4)(c4ccccc4)c4ccc(OC)cc4)nc32)C[C@@H]1O[Si](C)(C)C(C)(C)C. The van der Waals surface area contributed by atoms with Crippen molar-refractivity contribution in [1.82, 2.24) is 19.5 Å². The van der Waals surface area contributed by atoms with E-state index in [1.807, 2.05) is 84.9 Å². The van der Waals surface area contributed by atoms with Gasteiger partial charge in [-0.15, -0.1) is 0 Å². The maximum atomic E-state index is 13.7. The Morgan fingerprint density at radius 3 is 2.12 bits per heavy atom. The lowest BCUT2D eigenvalue weighted by molar-refractivity contribution is -0.145. The quantitative estimate of drug-likeness (QED) is 0.0874. The third-order valence-electron chi connectivity index (χ3n) is 10.0. The number of nitrogens with zero attached hydrogens (tertiary/aromatic N) is 3. The third-order valence-corrected chi connectivity index (χ3v) is 14.5. The van der Waals surface area contributed by atoms with E-state index in [1.165, 1.54) is 7.11 Å². The van der Waals surface area contributed by atoms with Crippen molar-refractivity contribution < 1.29 is 23.4 Å². The number of benzene rings is 3. The normalized spacial score (nSPS) is 18.3. The molecule has 3 heterocycles. The van der Waals surface area contributed by atoms with Gasteiger partial charge in [0.15, 0.2) is 19.5 Å². The van der Waals surface area contributed by atoms with Gasteiger partial charge in [0, 0.05) is 6.42 Å². The van der Waals surface area contributed by atoms with E-state index in [0.29, 0.717) is 12.1 Å². The smallest absolute Gasteiger partial charge is 0.308 e. The number of carbonyl (C=O) groups is 1. The molecule has 262 valence electrons. The monoisotopic (exact) mass is 695 g/mol. The molecule has 6 rings (SSSR count). The molecule has 0 radical (unpaired) electrons. The van der Waals surface area contributed by atoms with Crippen molar-refractivity contribution in [2.75, 3.05) is 19.5 Å². The molecule has 0 saturated carbocycles. The van der Waals surface area contributed by atoms with Crippen molar-refractivity contribution in [3.63, 3.8) is 0 Å². The number of H-pyrrole nitrogens is 1. The minimum atomic E-state index is -2.23. The fourth-order valence-electron chi connectivity index (χ4n) is 6.29. The number of ether oxygens (including phenoxy) is 3. The zero-order valence-electron chi connectivity index (χ0n) is 29.6. The molecule has 5 aromatic rings. The Kier molecular flexibility index (Phi) is 9.71. The molecule has 50 heavy (non-hydrogen) atoms. The highest BCUT2D eigenvalue weighted by Crippen LogP contribution is 2.43. The van der Waals surface area contributed by atoms with Crippen LogP contribution in [0.1, 0.15) is 56.5 Å². The molecule has 0 bridgehead atoms. The van der Waals surface area contributed by atoms with E-state index >= 15 is 0 Å². The van der Waals surface area contributed by atoms with Gasteiger partial charge in [-0.3, -0.25) is 19.1 Å². The van der Waals surface area contributed by atoms with Crippen LogP contribution in [0.25, 0.3) is 11.2 Å². The summed E-state index contributed by atoms with van der Waals surface area (Å²) in [6.07, 6.45) is 0.560. The summed E-state index contributed by atoms with van der Waals surface area (Å²) >= 11 is 0. The van der Waals surface area contributed by atoms with Crippen LogP contribution in [-0.4, -0.2) is 60.2 Å². The van der Waals surface area contributed by atoms with E-state index in [-0.39, 0.29) is 35.0 Å². The number of aromatic nitrogens is 4. The van der Waals surface area contributed by atoms with Gasteiger partial charge in [-0.2, -0.15) is 4.98 Å². The molecule has 0 unspecified atom stereocenters. The van der Waals surface area contributed by atoms with Gasteiger partial charge in [0.1, 0.15) is 17.5 Å². The van der Waals surface area contributed by atoms with Crippen LogP contribution < -0.4 is 15.6 Å². The van der Waals surface area contributed by atoms with E-state index in [1.54, 1.807) is 18.0 Å². The number of rotatable bonds is 11. The predicted molar refractivity (Wildman–Crippen MR) is 195 cm³/mol. The van der Waals surface area contributed by atoms with Gasteiger partial charge >= 0.3 is 5.97 Å². The number of anilines is 1. The van der Waals surface area contributed by atoms with E-state index in [0.717, 1.165) is 22.4 Å². The zero-order valence-corrected chi connectivity index (χ0v) is 30.6. The van der Waals surface area contributed by atoms with Gasteiger partial charge in [0.2, 0.25) is 5.95 Å². The van der Waals surface area contributed by atoms with Crippen LogP contribution in [-0.2, 0) is 24.2 Å². The second kappa shape index (κ2) is 13.9. The third kappa shape index (κ3) is 6.70. The van der Waals surface area contributed by atoms with Crippen molar-refractivity contribution in [1.29, 1.82) is 0 Å². The molecular weight excluding hydrogens is 651 g/mol. The highest BCUT2D eigenvalue weighted by atomic mass is 28.4. The first-order chi connectivity index (χ1) is 23.9. The average molecular weight is 696 g/mol. The number of aromatic amines is 1. The van der Waals surface area contributed by atoms with Crippen molar-refractivity contribution in [3.8, 4) is 5.75 Å². The van der Waals surface area contributed by atoms with Crippen molar-refractivity contribution in [2.45, 2.75) is 75.7 Å². The standard InChI is InChI=1S/C38H45N5O6Si/c1-37(2,3)50(6,7)49-30-22-31(48-29(30)23-32(44)47-5)43-24-39-33-34(43)40-36(41-35(33)45)42-38(25-14-10-8-11-15-25,26-16-12-9-13-17-26)27-18-20-28(46-4)21-19-27/h8-21,24,29-31H,22-23H2,1-7H3,(H2,40,41,42,45)/t29-,30+,31-/m1/s1. The van der Waals surface area contributed by atoms with Crippen LogP contribution in [0, 0.1) is 0 Å². The molecule has 0 amide bonds. The number of fused-ring (bicyclic) bond motifs is 1. The Bertz CT molecular complexity index is 1950. The van der Waals surface area contributed by atoms with Gasteiger partial charge in [-0.05, 0) is 47.0 Å². The van der Waals surface area contributed by atoms with E-state index < -0.39 is 31.7 Å². The summed E-state index contributed by atoms with van der Waals surface area (Å²) < 4.78 is 25.5. The van der Waals surface area contributed by atoms with Gasteiger partial charge in [0.05, 0.1) is 39.2 Å². The number of hydrogen-bond donors (Lipinski definition) is 2. The first-order valence-corrected chi connectivity index (χ1v) is 19.7. The minimum Gasteiger partial charge on any atom is -0.497 e. The summed E-state index contributed by atoms with van der Waals surface area (Å²) in [6, 6.07) is 27.9. The zero-order chi connectivity index (χ0) is 35.7. The molecule has 11 nitrogen and oxygen atoms in total. The second-order valence-corrected chi connectivity index (χ2v) is 18.9. The van der Waals surface area contributed by atoms with Gasteiger partial charge in [-0.1, -0.05) is 93.6 Å². The van der Waals surface area contributed by atoms with Crippen LogP contribution in [0.15, 0.2) is 96.1 Å². The van der Waals surface area contributed by atoms with E-state index in [9.17, 15) is 9.59 Å². The van der Waals surface area contributed by atoms with E-state index in [2.05, 4.69) is 49.1 Å². The number of imidazole rings is 1. The van der Waals surface area contributed by atoms with Crippen LogP contribution in [0.4, 0.5) is 5.95 Å². The highest BCUT2D eigenvalue weighted by Gasteiger charge is 2.46. The number of esters is 1. The molecule has 3 atom stereocenters. The fourth-order valence-corrected chi connectivity index (χ4v) is 7.65. The maximum absolute atomic E-state index is 13.7. The minimum absolute atomic E-state index is 0.0399. The molecule has 1 aliphatic heterocycles. The van der Waals surface area contributed by atoms with Gasteiger partial charge in [-0.25, -0.2) is 4.98 Å². The molecule has 2 N–H and O–H groups in total. The largest absolute Gasteiger partial charge is 0.497 e. The number of hydrogen-bond acceptors (Lipinski definition) is 9. The molecule has 0 aliphatic carbocycles. The molecule has 0 spiro atoms. The van der Waals surface area contributed by atoms with Gasteiger partial charge in [0.25, 0.3) is 5.56 Å². The Hall–Kier alpha value is -4.78. The Morgan fingerprint density at radius 2 is 1.56 bits per heavy atom. The lowest BCUT2D eigenvalue weighted by Crippen LogP contribution is -2.46. The molecule has 3 aromatic carbocycles. The molecule has 1 saturated heterocycles. The number of nitrogens with one attached hydrogen (secondary N) is 2. The van der Waals surface area contributed by atoms with Crippen LogP contribution in [0.3, 0.4) is 0 Å². The predicted octanol–water partition coefficient (Wildman–Crippen LogP) is 6.77. The average Bonchev–Trinajstić information content (AvgIpc) is 3.71. The van der Waals surface area contributed by atoms with Crippen molar-refractivity contribution in [3.05, 3.63) is 118 Å². The van der Waals surface area contributed by atoms with Crippen LogP contribution in [0.2, 0.25) is 18.1 Å². The lowest BCUT2D eigenvalue weighted by Gasteiger charge is -2.39. The summed E-state index contributed by atoms with van der Waals surface area (Å²) in [5.41, 5.74) is 1.91. The Balaban J connectivity index is 1.44. The van der Waals surface area contributed by atoms with E-state index in [4.69, 9.17) is 23.6 Å². The fraction of sp³-hybridized carbons (Fsp3) is 0.368. The second-order valence-electron chi connectivity index (χ2n) is 14.1. The molecular formula is C38H45N5O6Si. The molecule has 1 fully saturated rings. The van der Waals surface area contributed by atoms with Gasteiger partial charge < -0.3 is 24.0 Å². The Labute approximate surface area is 293 Å². The number of methoxy groups -OCH3 is 2. The van der Waals surface area contributed by atoms with Crippen LogP contribution >= 0.6 is 0 Å². The lowest BCUT2D eigenvalue weighted by atomic mass is 9.77. The van der Waals surface area contributed by atoms with Crippen molar-refractivity contribution in [2.24, 2.45) is 0 Å².